The maximum Gasteiger partial charge on any atom is 0.257 e. The van der Waals surface area contributed by atoms with Crippen LogP contribution in [0, 0.1) is 0 Å². The van der Waals surface area contributed by atoms with Crippen molar-refractivity contribution < 1.29 is 23.8 Å². The van der Waals surface area contributed by atoms with Gasteiger partial charge in [-0.15, -0.1) is 0 Å². The number of fused-ring (bicyclic) bond motifs is 1. The van der Waals surface area contributed by atoms with Crippen molar-refractivity contribution >= 4 is 17.5 Å². The number of hydrogen-bond acceptors (Lipinski definition) is 8. The van der Waals surface area contributed by atoms with Crippen molar-refractivity contribution in [1.29, 1.82) is 0 Å². The first-order chi connectivity index (χ1) is 18.9. The summed E-state index contributed by atoms with van der Waals surface area (Å²) in [6, 6.07) is 12.1. The van der Waals surface area contributed by atoms with Crippen molar-refractivity contribution in [1.82, 2.24) is 20.0 Å². The highest BCUT2D eigenvalue weighted by Crippen LogP contribution is 2.31. The third kappa shape index (κ3) is 6.18. The standard InChI is InChI=1S/C29H35N5O5/c1-32(19-23-4-2-12-39-23)28(36)25-15-24(26(30)16-27(25)35)29(37)34-17-20-5-6-22(14-21(20)18-34)38-13-3-9-33-10-7-31-8-11-33/h2,4-6,12,14-16,31,35H,3,7-11,13,17-19,30H2,1H3. The van der Waals surface area contributed by atoms with E-state index in [0.29, 0.717) is 25.5 Å². The Hall–Kier alpha value is -4.02. The van der Waals surface area contributed by atoms with E-state index in [4.69, 9.17) is 14.9 Å². The minimum Gasteiger partial charge on any atom is -0.507 e. The van der Waals surface area contributed by atoms with E-state index in [0.717, 1.165) is 56.0 Å². The van der Waals surface area contributed by atoms with Gasteiger partial charge in [-0.3, -0.25) is 9.59 Å². The van der Waals surface area contributed by atoms with Crippen molar-refractivity contribution in [2.45, 2.75) is 26.1 Å². The van der Waals surface area contributed by atoms with Crippen LogP contribution in [0.4, 0.5) is 5.69 Å². The summed E-state index contributed by atoms with van der Waals surface area (Å²) in [4.78, 5) is 32.1. The molecule has 2 aliphatic heterocycles. The SMILES string of the molecule is CN(Cc1ccco1)C(=O)c1cc(C(=O)N2Cc3ccc(OCCCN4CCNCC4)cc3C2)c(N)cc1O. The van der Waals surface area contributed by atoms with E-state index in [1.165, 1.54) is 23.3 Å². The van der Waals surface area contributed by atoms with Crippen LogP contribution in [0.3, 0.4) is 0 Å². The lowest BCUT2D eigenvalue weighted by molar-refractivity contribution is 0.0752. The lowest BCUT2D eigenvalue weighted by atomic mass is 10.0. The number of benzene rings is 2. The van der Waals surface area contributed by atoms with Gasteiger partial charge in [-0.05, 0) is 47.9 Å². The van der Waals surface area contributed by atoms with Gasteiger partial charge in [0, 0.05) is 64.6 Å². The van der Waals surface area contributed by atoms with Gasteiger partial charge >= 0.3 is 0 Å². The number of phenolic OH excluding ortho intramolecular Hbond substituents is 1. The lowest BCUT2D eigenvalue weighted by Gasteiger charge is -2.26. The zero-order chi connectivity index (χ0) is 27.4. The fourth-order valence-electron chi connectivity index (χ4n) is 5.06. The fraction of sp³-hybridized carbons (Fsp3) is 0.379. The number of nitrogen functional groups attached to an aromatic ring is 1. The van der Waals surface area contributed by atoms with E-state index in [1.807, 2.05) is 18.2 Å². The molecule has 10 heteroatoms. The molecule has 0 radical (unpaired) electrons. The number of amides is 2. The van der Waals surface area contributed by atoms with Gasteiger partial charge in [0.25, 0.3) is 11.8 Å². The summed E-state index contributed by atoms with van der Waals surface area (Å²) in [6.07, 6.45) is 2.49. The Morgan fingerprint density at radius 3 is 2.67 bits per heavy atom. The van der Waals surface area contributed by atoms with Crippen LogP contribution in [-0.2, 0) is 19.6 Å². The number of rotatable bonds is 9. The molecule has 3 aromatic rings. The largest absolute Gasteiger partial charge is 0.507 e. The molecule has 39 heavy (non-hydrogen) atoms. The minimum absolute atomic E-state index is 0.00909. The predicted octanol–water partition coefficient (Wildman–Crippen LogP) is 2.67. The van der Waals surface area contributed by atoms with Gasteiger partial charge in [-0.25, -0.2) is 0 Å². The maximum absolute atomic E-state index is 13.5. The quantitative estimate of drug-likeness (QED) is 0.283. The number of nitrogens with two attached hydrogens (primary N) is 1. The van der Waals surface area contributed by atoms with Gasteiger partial charge in [-0.1, -0.05) is 6.07 Å². The van der Waals surface area contributed by atoms with Gasteiger partial charge in [0.1, 0.15) is 17.3 Å². The number of carbonyl (C=O) groups is 2. The second-order valence-corrected chi connectivity index (χ2v) is 10.1. The van der Waals surface area contributed by atoms with Crippen LogP contribution in [-0.4, -0.2) is 78.0 Å². The van der Waals surface area contributed by atoms with Crippen LogP contribution in [0.15, 0.2) is 53.1 Å². The number of aromatic hydroxyl groups is 1. The van der Waals surface area contributed by atoms with Crippen LogP contribution in [0.1, 0.15) is 44.0 Å². The molecular weight excluding hydrogens is 498 g/mol. The highest BCUT2D eigenvalue weighted by atomic mass is 16.5. The highest BCUT2D eigenvalue weighted by molar-refractivity contribution is 6.04. The summed E-state index contributed by atoms with van der Waals surface area (Å²) >= 11 is 0. The van der Waals surface area contributed by atoms with Crippen molar-refractivity contribution in [2.24, 2.45) is 0 Å². The van der Waals surface area contributed by atoms with Crippen molar-refractivity contribution in [3.05, 3.63) is 76.7 Å². The van der Waals surface area contributed by atoms with Crippen LogP contribution in [0.5, 0.6) is 11.5 Å². The minimum atomic E-state index is -0.443. The lowest BCUT2D eigenvalue weighted by Crippen LogP contribution is -2.43. The van der Waals surface area contributed by atoms with Crippen LogP contribution in [0.2, 0.25) is 0 Å². The Balaban J connectivity index is 1.21. The summed E-state index contributed by atoms with van der Waals surface area (Å²) in [5, 5.41) is 13.8. The summed E-state index contributed by atoms with van der Waals surface area (Å²) < 4.78 is 11.3. The Morgan fingerprint density at radius 1 is 1.10 bits per heavy atom. The molecule has 10 nitrogen and oxygen atoms in total. The number of hydrogen-bond donors (Lipinski definition) is 3. The molecule has 1 aromatic heterocycles. The summed E-state index contributed by atoms with van der Waals surface area (Å²) in [7, 11) is 1.60. The highest BCUT2D eigenvalue weighted by Gasteiger charge is 2.28. The number of nitrogens with one attached hydrogen (secondary N) is 1. The monoisotopic (exact) mass is 533 g/mol. The number of nitrogens with zero attached hydrogens (tertiary/aromatic N) is 3. The average Bonchev–Trinajstić information content (AvgIpc) is 3.61. The first-order valence-electron chi connectivity index (χ1n) is 13.3. The number of anilines is 1. The fourth-order valence-corrected chi connectivity index (χ4v) is 5.06. The number of carbonyl (C=O) groups excluding carboxylic acids is 2. The Morgan fingerprint density at radius 2 is 1.90 bits per heavy atom. The predicted molar refractivity (Wildman–Crippen MR) is 146 cm³/mol. The van der Waals surface area contributed by atoms with E-state index < -0.39 is 5.91 Å². The third-order valence-electron chi connectivity index (χ3n) is 7.23. The van der Waals surface area contributed by atoms with Gasteiger partial charge < -0.3 is 40.0 Å². The summed E-state index contributed by atoms with van der Waals surface area (Å²) in [6.45, 7) is 6.95. The Bertz CT molecular complexity index is 1320. The second kappa shape index (κ2) is 11.8. The van der Waals surface area contributed by atoms with Gasteiger partial charge in [0.05, 0.1) is 30.5 Å². The molecule has 0 spiro atoms. The van der Waals surface area contributed by atoms with E-state index in [1.54, 1.807) is 24.1 Å². The van der Waals surface area contributed by atoms with Crippen LogP contribution < -0.4 is 15.8 Å². The summed E-state index contributed by atoms with van der Waals surface area (Å²) in [5.41, 5.74) is 8.50. The molecule has 0 saturated carbocycles. The molecule has 0 aliphatic carbocycles. The van der Waals surface area contributed by atoms with Crippen LogP contribution in [0.25, 0.3) is 0 Å². The Kier molecular flexibility index (Phi) is 8.04. The zero-order valence-corrected chi connectivity index (χ0v) is 22.2. The molecule has 2 amide bonds. The zero-order valence-electron chi connectivity index (χ0n) is 22.2. The molecule has 0 bridgehead atoms. The second-order valence-electron chi connectivity index (χ2n) is 10.1. The van der Waals surface area contributed by atoms with Gasteiger partial charge in [-0.2, -0.15) is 0 Å². The third-order valence-corrected chi connectivity index (χ3v) is 7.23. The first kappa shape index (κ1) is 26.6. The molecule has 2 aliphatic rings. The van der Waals surface area contributed by atoms with Crippen LogP contribution >= 0.6 is 0 Å². The topological polar surface area (TPSA) is 125 Å². The molecule has 1 fully saturated rings. The van der Waals surface area contributed by atoms with Crippen molar-refractivity contribution in [3.63, 3.8) is 0 Å². The normalized spacial score (nSPS) is 15.3. The van der Waals surface area contributed by atoms with E-state index in [2.05, 4.69) is 10.2 Å². The Labute approximate surface area is 227 Å². The molecule has 0 unspecified atom stereocenters. The number of phenols is 1. The summed E-state index contributed by atoms with van der Waals surface area (Å²) in [5.74, 6) is 0.380. The van der Waals surface area contributed by atoms with Gasteiger partial charge in [0.15, 0.2) is 0 Å². The van der Waals surface area contributed by atoms with Crippen molar-refractivity contribution in [2.75, 3.05) is 52.1 Å². The average molecular weight is 534 g/mol. The molecule has 2 aromatic carbocycles. The molecule has 3 heterocycles. The van der Waals surface area contributed by atoms with E-state index >= 15 is 0 Å². The van der Waals surface area contributed by atoms with E-state index in [9.17, 15) is 14.7 Å². The number of ether oxygens (including phenoxy) is 1. The molecular formula is C29H35N5O5. The smallest absolute Gasteiger partial charge is 0.257 e. The van der Waals surface area contributed by atoms with Crippen molar-refractivity contribution in [3.8, 4) is 11.5 Å². The van der Waals surface area contributed by atoms with Gasteiger partial charge in [0.2, 0.25) is 0 Å². The molecule has 4 N–H and O–H groups in total. The molecule has 206 valence electrons. The first-order valence-corrected chi connectivity index (χ1v) is 13.3. The molecule has 1 saturated heterocycles. The number of furan rings is 1. The maximum atomic E-state index is 13.5. The molecule has 5 rings (SSSR count). The number of piperazine rings is 1. The van der Waals surface area contributed by atoms with E-state index in [-0.39, 0.29) is 35.0 Å². The molecule has 0 atom stereocenters.